The summed E-state index contributed by atoms with van der Waals surface area (Å²) < 4.78 is 0. The lowest BCUT2D eigenvalue weighted by Gasteiger charge is -1.51. The van der Waals surface area contributed by atoms with Gasteiger partial charge in [-0.05, 0) is 0 Å². The van der Waals surface area contributed by atoms with E-state index in [2.05, 4.69) is 5.73 Å². The van der Waals surface area contributed by atoms with E-state index in [1.807, 2.05) is 0 Å². The number of hydrogen-bond acceptors (Lipinski definition) is 2. The van der Waals surface area contributed by atoms with Crippen LogP contribution in [0, 0.1) is 11.3 Å². The van der Waals surface area contributed by atoms with Crippen LogP contribution in [0.1, 0.15) is 0 Å². The van der Waals surface area contributed by atoms with Crippen molar-refractivity contribution in [2.24, 2.45) is 5.73 Å². The van der Waals surface area contributed by atoms with Gasteiger partial charge in [0.15, 0.2) is 0 Å². The minimum Gasteiger partial charge on any atom is -0.318 e. The standard InChI is InChI=1S/C2H4N2/c3-1-2-4/h1,3H2/i2-1. The Hall–Kier alpha value is -0.550. The highest BCUT2D eigenvalue weighted by atomic mass is 14.5. The lowest BCUT2D eigenvalue weighted by Crippen LogP contribution is -1.91. The molecule has 0 aromatic heterocycles. The average molecular weight is 55.1 g/mol. The summed E-state index contributed by atoms with van der Waals surface area (Å²) in [4.78, 5) is 0. The van der Waals surface area contributed by atoms with Crippen LogP contribution in [-0.4, -0.2) is 6.54 Å². The smallest absolute Gasteiger partial charge is 0.0815 e. The van der Waals surface area contributed by atoms with Crippen LogP contribution in [-0.2, 0) is 0 Å². The SMILES string of the molecule is N#[11C]CN. The van der Waals surface area contributed by atoms with E-state index in [0.717, 1.165) is 0 Å². The van der Waals surface area contributed by atoms with Crippen LogP contribution in [0.5, 0.6) is 0 Å². The van der Waals surface area contributed by atoms with Gasteiger partial charge in [-0.2, -0.15) is 5.26 Å². The van der Waals surface area contributed by atoms with Crippen LogP contribution < -0.4 is 5.73 Å². The van der Waals surface area contributed by atoms with Gasteiger partial charge >= 0.3 is 0 Å². The van der Waals surface area contributed by atoms with E-state index in [9.17, 15) is 0 Å². The Balaban J connectivity index is 2.43. The molecule has 2 nitrogen and oxygen atoms in total. The number of nitrogens with two attached hydrogens (primary N) is 1. The maximum Gasteiger partial charge on any atom is 0.0815 e. The predicted molar refractivity (Wildman–Crippen MR) is 14.7 cm³/mol. The van der Waals surface area contributed by atoms with Crippen molar-refractivity contribution in [2.45, 2.75) is 0 Å². The Morgan fingerprint density at radius 2 is 2.25 bits per heavy atom. The normalized spacial score (nSPS) is 5.00. The molecule has 0 aliphatic heterocycles. The van der Waals surface area contributed by atoms with Gasteiger partial charge in [0.05, 0.1) is 12.6 Å². The summed E-state index contributed by atoms with van der Waals surface area (Å²) in [6.45, 7) is 0.125. The summed E-state index contributed by atoms with van der Waals surface area (Å²) >= 11 is 0. The van der Waals surface area contributed by atoms with Gasteiger partial charge in [-0.15, -0.1) is 0 Å². The molecule has 0 unspecified atom stereocenters. The Labute approximate surface area is 24.8 Å². The molecule has 0 heterocycles. The fourth-order valence-corrected chi connectivity index (χ4v) is 0. The molecule has 0 saturated carbocycles. The lowest BCUT2D eigenvalue weighted by molar-refractivity contribution is 1.25. The van der Waals surface area contributed by atoms with Crippen LogP contribution in [0.3, 0.4) is 0 Å². The number of rotatable bonds is 0. The summed E-state index contributed by atoms with van der Waals surface area (Å²) in [6, 6.07) is 1.71. The number of nitriles is 1. The molecule has 0 aliphatic carbocycles. The van der Waals surface area contributed by atoms with Crippen LogP contribution in [0.25, 0.3) is 0 Å². The van der Waals surface area contributed by atoms with Crippen molar-refractivity contribution in [1.82, 2.24) is 0 Å². The molecule has 22 valence electrons. The van der Waals surface area contributed by atoms with Gasteiger partial charge in [-0.25, -0.2) is 0 Å². The molecule has 0 amide bonds. The largest absolute Gasteiger partial charge is 0.318 e. The molecule has 2 heteroatoms. The van der Waals surface area contributed by atoms with Gasteiger partial charge in [0.2, 0.25) is 0 Å². The zero-order valence-corrected chi connectivity index (χ0v) is 2.23. The van der Waals surface area contributed by atoms with E-state index in [4.69, 9.17) is 5.26 Å². The fourth-order valence-electron chi connectivity index (χ4n) is 0. The second-order valence-electron chi connectivity index (χ2n) is 0.362. The van der Waals surface area contributed by atoms with Gasteiger partial charge in [0.1, 0.15) is 0 Å². The highest BCUT2D eigenvalue weighted by Crippen LogP contribution is 1.25. The first-order chi connectivity index (χ1) is 1.91. The number of nitrogens with zero attached hydrogens (tertiary/aromatic N) is 1. The van der Waals surface area contributed by atoms with Gasteiger partial charge in [-0.1, -0.05) is 0 Å². The molecule has 0 aromatic rings. The average Bonchev–Trinajstić information content (AvgIpc) is 1.37. The van der Waals surface area contributed by atoms with Crippen LogP contribution in [0.15, 0.2) is 0 Å². The quantitative estimate of drug-likeness (QED) is 0.378. The van der Waals surface area contributed by atoms with Crippen molar-refractivity contribution >= 4 is 0 Å². The minimum atomic E-state index is 0.125. The fraction of sp³-hybridized carbons (Fsp3) is 0.500. The Bertz CT molecular complexity index is 33.8. The van der Waals surface area contributed by atoms with Crippen molar-refractivity contribution in [1.29, 1.82) is 5.26 Å². The van der Waals surface area contributed by atoms with Gasteiger partial charge in [-0.3, -0.25) is 0 Å². The molecule has 2 N–H and O–H groups in total. The molecular formula is C2H4N2. The monoisotopic (exact) mass is 55.0 g/mol. The van der Waals surface area contributed by atoms with Crippen molar-refractivity contribution in [2.75, 3.05) is 6.54 Å². The first kappa shape index (κ1) is 3.45. The zero-order valence-electron chi connectivity index (χ0n) is 2.23. The van der Waals surface area contributed by atoms with Gasteiger partial charge < -0.3 is 5.73 Å². The van der Waals surface area contributed by atoms with E-state index in [0.29, 0.717) is 0 Å². The molecule has 0 saturated heterocycles. The second-order valence-corrected chi connectivity index (χ2v) is 0.362. The Kier molecular flexibility index (Phi) is 2.11. The third kappa shape index (κ3) is 1.45. The van der Waals surface area contributed by atoms with E-state index in [-0.39, 0.29) is 6.54 Å². The minimum absolute atomic E-state index is 0.125. The summed E-state index contributed by atoms with van der Waals surface area (Å²) in [5, 5.41) is 7.50. The number of hydrogen-bond donors (Lipinski definition) is 1. The molecule has 0 radical (unpaired) electrons. The molecule has 0 spiro atoms. The Morgan fingerprint density at radius 1 is 2.00 bits per heavy atom. The maximum atomic E-state index is 7.50. The molecule has 0 bridgehead atoms. The topological polar surface area (TPSA) is 49.8 Å². The van der Waals surface area contributed by atoms with E-state index < -0.39 is 0 Å². The highest BCUT2D eigenvalue weighted by Gasteiger charge is 1.48. The van der Waals surface area contributed by atoms with Crippen molar-refractivity contribution < 1.29 is 0 Å². The van der Waals surface area contributed by atoms with Crippen LogP contribution >= 0.6 is 0 Å². The van der Waals surface area contributed by atoms with Crippen molar-refractivity contribution in [3.8, 4) is 6.07 Å². The van der Waals surface area contributed by atoms with Crippen LogP contribution in [0.4, 0.5) is 0 Å². The molecule has 0 fully saturated rings. The van der Waals surface area contributed by atoms with Crippen molar-refractivity contribution in [3.05, 3.63) is 0 Å². The summed E-state index contributed by atoms with van der Waals surface area (Å²) in [6.07, 6.45) is 0. The van der Waals surface area contributed by atoms with E-state index in [1.54, 1.807) is 6.07 Å². The molecule has 0 atom stereocenters. The molecule has 4 heavy (non-hydrogen) atoms. The predicted octanol–water partition coefficient (Wildman–Crippen LogP) is -0.531. The second kappa shape index (κ2) is 2.45. The van der Waals surface area contributed by atoms with Crippen LogP contribution in [0.2, 0.25) is 0 Å². The molecule has 0 aliphatic rings. The van der Waals surface area contributed by atoms with Gasteiger partial charge in [0, 0.05) is 0 Å². The summed E-state index contributed by atoms with van der Waals surface area (Å²) in [7, 11) is 0. The molecule has 0 aromatic carbocycles. The molecule has 0 rings (SSSR count). The summed E-state index contributed by atoms with van der Waals surface area (Å²) in [5.41, 5.74) is 4.67. The first-order valence-electron chi connectivity index (χ1n) is 0.985. The first-order valence-corrected chi connectivity index (χ1v) is 0.985. The molecular weight excluding hydrogens is 51.0 g/mol. The van der Waals surface area contributed by atoms with E-state index in [1.165, 1.54) is 0 Å². The zero-order chi connectivity index (χ0) is 3.41. The van der Waals surface area contributed by atoms with E-state index >= 15 is 0 Å². The third-order valence-electron chi connectivity index (χ3n) is 0.0913. The Morgan fingerprint density at radius 3 is 2.25 bits per heavy atom. The lowest BCUT2D eigenvalue weighted by atomic mass is 10.3. The maximum absolute atomic E-state index is 7.50. The third-order valence-corrected chi connectivity index (χ3v) is 0.0913. The highest BCUT2D eigenvalue weighted by molar-refractivity contribution is 4.67. The van der Waals surface area contributed by atoms with Crippen molar-refractivity contribution in [3.63, 3.8) is 0 Å². The van der Waals surface area contributed by atoms with Gasteiger partial charge in [0.25, 0.3) is 0 Å². The summed E-state index contributed by atoms with van der Waals surface area (Å²) in [5.74, 6) is 0.